The maximum absolute atomic E-state index is 12.9. The van der Waals surface area contributed by atoms with Gasteiger partial charge in [-0.3, -0.25) is 9.59 Å². The molecule has 5 rings (SSSR count). The number of nitrogens with one attached hydrogen (secondary N) is 1. The van der Waals surface area contributed by atoms with E-state index in [-0.39, 0.29) is 11.5 Å². The van der Waals surface area contributed by atoms with Crippen LogP contribution in [0.5, 0.6) is 0 Å². The van der Waals surface area contributed by atoms with Gasteiger partial charge < -0.3 is 9.72 Å². The second kappa shape index (κ2) is 7.50. The van der Waals surface area contributed by atoms with Crippen molar-refractivity contribution in [3.63, 3.8) is 0 Å². The summed E-state index contributed by atoms with van der Waals surface area (Å²) in [5.74, 6) is 0.124. The van der Waals surface area contributed by atoms with Crippen LogP contribution in [0.4, 0.5) is 5.69 Å². The molecule has 0 aliphatic heterocycles. The molecule has 4 aromatic rings. The summed E-state index contributed by atoms with van der Waals surface area (Å²) in [4.78, 5) is 29.9. The molecule has 156 valence electrons. The lowest BCUT2D eigenvalue weighted by atomic mass is 10.1. The van der Waals surface area contributed by atoms with Crippen LogP contribution in [0, 0.1) is 6.92 Å². The second-order valence-corrected chi connectivity index (χ2v) is 8.11. The highest BCUT2D eigenvalue weighted by atomic mass is 16.2. The Labute approximate surface area is 179 Å². The molecule has 3 aromatic heterocycles. The van der Waals surface area contributed by atoms with E-state index in [1.165, 1.54) is 10.7 Å². The number of fused-ring (bicyclic) bond motifs is 1. The standard InChI is InChI=1S/C24H23N5O2/c1-15-5-4-12-28-14-21(26-23(15)28)18-6-3-7-19(13-18)25-24(31)16(2)29-22(30)11-10-20(27-29)17-8-9-17/h3-7,10-14,16-17H,8-9H2,1-2H3,(H,25,31). The number of hydrogen-bond donors (Lipinski definition) is 1. The van der Waals surface area contributed by atoms with Crippen molar-refractivity contribution in [3.8, 4) is 11.3 Å². The Morgan fingerprint density at radius 1 is 1.16 bits per heavy atom. The Morgan fingerprint density at radius 2 is 2.00 bits per heavy atom. The summed E-state index contributed by atoms with van der Waals surface area (Å²) in [7, 11) is 0. The minimum atomic E-state index is -0.715. The molecule has 1 aliphatic rings. The third-order valence-electron chi connectivity index (χ3n) is 5.69. The molecule has 1 aliphatic carbocycles. The van der Waals surface area contributed by atoms with Gasteiger partial charge in [-0.25, -0.2) is 9.67 Å². The van der Waals surface area contributed by atoms with Crippen LogP contribution in [0.3, 0.4) is 0 Å². The van der Waals surface area contributed by atoms with E-state index in [0.29, 0.717) is 11.6 Å². The molecule has 0 bridgehead atoms. The fourth-order valence-electron chi connectivity index (χ4n) is 3.72. The predicted octanol–water partition coefficient (Wildman–Crippen LogP) is 3.94. The minimum absolute atomic E-state index is 0.277. The zero-order valence-electron chi connectivity index (χ0n) is 17.4. The van der Waals surface area contributed by atoms with Crippen molar-refractivity contribution >= 4 is 17.2 Å². The van der Waals surface area contributed by atoms with Gasteiger partial charge in [-0.1, -0.05) is 18.2 Å². The average Bonchev–Trinajstić information content (AvgIpc) is 3.52. The molecule has 1 N–H and O–H groups in total. The Morgan fingerprint density at radius 3 is 2.77 bits per heavy atom. The molecule has 0 spiro atoms. The van der Waals surface area contributed by atoms with Crippen molar-refractivity contribution in [2.45, 2.75) is 38.6 Å². The Kier molecular flexibility index (Phi) is 4.66. The normalized spacial score (nSPS) is 14.5. The summed E-state index contributed by atoms with van der Waals surface area (Å²) in [6.45, 7) is 3.72. The van der Waals surface area contributed by atoms with E-state index >= 15 is 0 Å². The van der Waals surface area contributed by atoms with Crippen LogP contribution in [0.1, 0.15) is 43.0 Å². The molecular formula is C24H23N5O2. The molecule has 7 nitrogen and oxygen atoms in total. The van der Waals surface area contributed by atoms with Gasteiger partial charge in [-0.2, -0.15) is 5.10 Å². The van der Waals surface area contributed by atoms with Crippen LogP contribution in [0.15, 0.2) is 65.7 Å². The Hall–Kier alpha value is -3.74. The van der Waals surface area contributed by atoms with Gasteiger partial charge in [0, 0.05) is 35.6 Å². The van der Waals surface area contributed by atoms with Crippen molar-refractivity contribution in [2.75, 3.05) is 5.32 Å². The van der Waals surface area contributed by atoms with Gasteiger partial charge in [-0.15, -0.1) is 0 Å². The smallest absolute Gasteiger partial charge is 0.267 e. The maximum Gasteiger partial charge on any atom is 0.267 e. The summed E-state index contributed by atoms with van der Waals surface area (Å²) in [6, 6.07) is 14.1. The number of aryl methyl sites for hydroxylation is 1. The molecule has 1 saturated carbocycles. The van der Waals surface area contributed by atoms with Gasteiger partial charge in [-0.05, 0) is 56.5 Å². The zero-order chi connectivity index (χ0) is 21.5. The number of benzene rings is 1. The molecule has 31 heavy (non-hydrogen) atoms. The highest BCUT2D eigenvalue weighted by Gasteiger charge is 2.27. The van der Waals surface area contributed by atoms with E-state index < -0.39 is 6.04 Å². The van der Waals surface area contributed by atoms with Crippen LogP contribution in [-0.4, -0.2) is 25.1 Å². The highest BCUT2D eigenvalue weighted by molar-refractivity contribution is 5.94. The highest BCUT2D eigenvalue weighted by Crippen LogP contribution is 2.38. The second-order valence-electron chi connectivity index (χ2n) is 8.11. The van der Waals surface area contributed by atoms with E-state index in [4.69, 9.17) is 4.98 Å². The minimum Gasteiger partial charge on any atom is -0.324 e. The van der Waals surface area contributed by atoms with Crippen LogP contribution >= 0.6 is 0 Å². The molecule has 1 aromatic carbocycles. The third kappa shape index (κ3) is 3.74. The number of carbonyl (C=O) groups is 1. The van der Waals surface area contributed by atoms with Crippen molar-refractivity contribution in [3.05, 3.63) is 82.5 Å². The molecule has 1 fully saturated rings. The Bertz CT molecular complexity index is 1350. The molecule has 0 radical (unpaired) electrons. The topological polar surface area (TPSA) is 81.3 Å². The molecule has 1 atom stereocenters. The number of rotatable bonds is 5. The summed E-state index contributed by atoms with van der Waals surface area (Å²) in [5.41, 5.74) is 4.98. The van der Waals surface area contributed by atoms with Crippen molar-refractivity contribution < 1.29 is 4.79 Å². The fourth-order valence-corrected chi connectivity index (χ4v) is 3.72. The first kappa shape index (κ1) is 19.2. The van der Waals surface area contributed by atoms with Crippen molar-refractivity contribution in [1.29, 1.82) is 0 Å². The number of pyridine rings is 1. The zero-order valence-corrected chi connectivity index (χ0v) is 17.4. The summed E-state index contributed by atoms with van der Waals surface area (Å²) in [6.07, 6.45) is 6.10. The first-order valence-electron chi connectivity index (χ1n) is 10.4. The molecule has 0 saturated heterocycles. The Balaban J connectivity index is 1.39. The first-order chi connectivity index (χ1) is 15.0. The monoisotopic (exact) mass is 413 g/mol. The molecule has 3 heterocycles. The number of anilines is 1. The van der Waals surface area contributed by atoms with Crippen LogP contribution in [0.25, 0.3) is 16.9 Å². The molecule has 1 unspecified atom stereocenters. The quantitative estimate of drug-likeness (QED) is 0.537. The fraction of sp³-hybridized carbons (Fsp3) is 0.250. The predicted molar refractivity (Wildman–Crippen MR) is 119 cm³/mol. The van der Waals surface area contributed by atoms with E-state index in [0.717, 1.165) is 41.0 Å². The average molecular weight is 413 g/mol. The van der Waals surface area contributed by atoms with Crippen molar-refractivity contribution in [1.82, 2.24) is 19.2 Å². The molecular weight excluding hydrogens is 390 g/mol. The number of aromatic nitrogens is 4. The van der Waals surface area contributed by atoms with Gasteiger partial charge in [0.2, 0.25) is 5.91 Å². The van der Waals surface area contributed by atoms with E-state index in [1.807, 2.05) is 60.1 Å². The number of carbonyl (C=O) groups excluding carboxylic acids is 1. The third-order valence-corrected chi connectivity index (χ3v) is 5.69. The van der Waals surface area contributed by atoms with E-state index in [1.54, 1.807) is 13.0 Å². The lowest BCUT2D eigenvalue weighted by Gasteiger charge is -2.15. The number of imidazole rings is 1. The summed E-state index contributed by atoms with van der Waals surface area (Å²) >= 11 is 0. The lowest BCUT2D eigenvalue weighted by molar-refractivity contribution is -0.119. The number of amides is 1. The molecule has 1 amide bonds. The van der Waals surface area contributed by atoms with E-state index in [9.17, 15) is 9.59 Å². The van der Waals surface area contributed by atoms with Crippen LogP contribution < -0.4 is 10.9 Å². The number of hydrogen-bond acceptors (Lipinski definition) is 4. The summed E-state index contributed by atoms with van der Waals surface area (Å²) in [5, 5.41) is 7.34. The van der Waals surface area contributed by atoms with Gasteiger partial charge in [0.15, 0.2) is 0 Å². The molecule has 7 heteroatoms. The van der Waals surface area contributed by atoms with Gasteiger partial charge >= 0.3 is 0 Å². The largest absolute Gasteiger partial charge is 0.324 e. The lowest BCUT2D eigenvalue weighted by Crippen LogP contribution is -2.33. The van der Waals surface area contributed by atoms with Crippen LogP contribution in [0.2, 0.25) is 0 Å². The maximum atomic E-state index is 12.9. The van der Waals surface area contributed by atoms with Crippen LogP contribution in [-0.2, 0) is 4.79 Å². The van der Waals surface area contributed by atoms with Gasteiger partial charge in [0.05, 0.1) is 11.4 Å². The van der Waals surface area contributed by atoms with E-state index in [2.05, 4.69) is 10.4 Å². The van der Waals surface area contributed by atoms with Crippen molar-refractivity contribution in [2.24, 2.45) is 0 Å². The van der Waals surface area contributed by atoms with Gasteiger partial charge in [0.1, 0.15) is 11.7 Å². The first-order valence-corrected chi connectivity index (χ1v) is 10.4. The van der Waals surface area contributed by atoms with Gasteiger partial charge in [0.25, 0.3) is 5.56 Å². The number of nitrogens with zero attached hydrogens (tertiary/aromatic N) is 4. The SMILES string of the molecule is Cc1cccn2cc(-c3cccc(NC(=O)C(C)n4nc(C5CC5)ccc4=O)c3)nc12. The summed E-state index contributed by atoms with van der Waals surface area (Å²) < 4.78 is 3.26.